The molecular formula is C12H18BrFN2O2S. The van der Waals surface area contributed by atoms with Crippen molar-refractivity contribution in [1.29, 1.82) is 0 Å². The maximum absolute atomic E-state index is 13.3. The van der Waals surface area contributed by atoms with E-state index in [4.69, 9.17) is 0 Å². The van der Waals surface area contributed by atoms with Gasteiger partial charge in [-0.05, 0) is 47.1 Å². The van der Waals surface area contributed by atoms with Gasteiger partial charge in [0.25, 0.3) is 0 Å². The van der Waals surface area contributed by atoms with Crippen molar-refractivity contribution in [3.8, 4) is 0 Å². The Bertz CT molecular complexity index is 520. The molecule has 7 heteroatoms. The van der Waals surface area contributed by atoms with Gasteiger partial charge in [-0.3, -0.25) is 0 Å². The van der Waals surface area contributed by atoms with Gasteiger partial charge in [0.05, 0.1) is 9.37 Å². The van der Waals surface area contributed by atoms with Gasteiger partial charge in [0, 0.05) is 12.6 Å². The van der Waals surface area contributed by atoms with Gasteiger partial charge in [0.15, 0.2) is 0 Å². The zero-order valence-corrected chi connectivity index (χ0v) is 13.3. The fraction of sp³-hybridized carbons (Fsp3) is 0.500. The number of hydrogen-bond donors (Lipinski definition) is 2. The van der Waals surface area contributed by atoms with Crippen LogP contribution in [-0.2, 0) is 10.0 Å². The fourth-order valence-corrected chi connectivity index (χ4v) is 2.75. The average Bonchev–Trinajstić information content (AvgIpc) is 2.31. The molecule has 0 saturated carbocycles. The first-order valence-corrected chi connectivity index (χ1v) is 8.28. The van der Waals surface area contributed by atoms with Crippen LogP contribution in [0.5, 0.6) is 0 Å². The summed E-state index contributed by atoms with van der Waals surface area (Å²) in [6.07, 6.45) is 0.677. The summed E-state index contributed by atoms with van der Waals surface area (Å²) in [6.45, 7) is 5.10. The number of rotatable bonds is 7. The van der Waals surface area contributed by atoms with Crippen LogP contribution in [0.3, 0.4) is 0 Å². The minimum absolute atomic E-state index is 0.0648. The van der Waals surface area contributed by atoms with E-state index >= 15 is 0 Å². The topological polar surface area (TPSA) is 58.2 Å². The molecule has 0 bridgehead atoms. The normalized spacial score (nSPS) is 12.1. The van der Waals surface area contributed by atoms with Crippen LogP contribution in [-0.4, -0.2) is 27.5 Å². The van der Waals surface area contributed by atoms with Gasteiger partial charge in [-0.25, -0.2) is 17.5 Å². The summed E-state index contributed by atoms with van der Waals surface area (Å²) in [5, 5.41) is 3.19. The van der Waals surface area contributed by atoms with Crippen LogP contribution in [0.4, 0.5) is 4.39 Å². The summed E-state index contributed by atoms with van der Waals surface area (Å²) < 4.78 is 39.7. The van der Waals surface area contributed by atoms with Gasteiger partial charge >= 0.3 is 0 Å². The molecule has 0 aromatic heterocycles. The third-order valence-electron chi connectivity index (χ3n) is 2.40. The third kappa shape index (κ3) is 5.56. The van der Waals surface area contributed by atoms with Crippen molar-refractivity contribution in [2.75, 3.05) is 13.1 Å². The molecule has 1 aromatic rings. The molecule has 1 aromatic carbocycles. The largest absolute Gasteiger partial charge is 0.314 e. The van der Waals surface area contributed by atoms with Gasteiger partial charge in [0.1, 0.15) is 5.82 Å². The monoisotopic (exact) mass is 352 g/mol. The molecule has 0 fully saturated rings. The highest BCUT2D eigenvalue weighted by Crippen LogP contribution is 2.19. The van der Waals surface area contributed by atoms with E-state index in [1.807, 2.05) is 13.8 Å². The molecule has 19 heavy (non-hydrogen) atoms. The Hall–Kier alpha value is -0.500. The quantitative estimate of drug-likeness (QED) is 0.740. The molecule has 2 N–H and O–H groups in total. The number of sulfonamides is 1. The lowest BCUT2D eigenvalue weighted by Gasteiger charge is -2.09. The summed E-state index contributed by atoms with van der Waals surface area (Å²) in [5.74, 6) is -0.593. The highest BCUT2D eigenvalue weighted by atomic mass is 79.9. The fourth-order valence-electron chi connectivity index (χ4n) is 1.41. The molecule has 108 valence electrons. The summed E-state index contributed by atoms with van der Waals surface area (Å²) in [4.78, 5) is -0.0648. The van der Waals surface area contributed by atoms with Crippen LogP contribution in [0.25, 0.3) is 0 Å². The van der Waals surface area contributed by atoms with Crippen molar-refractivity contribution in [3.63, 3.8) is 0 Å². The molecule has 0 saturated heterocycles. The maximum atomic E-state index is 13.3. The van der Waals surface area contributed by atoms with E-state index in [1.165, 1.54) is 12.1 Å². The predicted molar refractivity (Wildman–Crippen MR) is 77.0 cm³/mol. The van der Waals surface area contributed by atoms with Crippen LogP contribution in [0.15, 0.2) is 27.6 Å². The Labute approximate surface area is 122 Å². The molecule has 0 amide bonds. The highest BCUT2D eigenvalue weighted by molar-refractivity contribution is 9.10. The molecule has 4 nitrogen and oxygen atoms in total. The summed E-state index contributed by atoms with van der Waals surface area (Å²) in [5.41, 5.74) is 0. The van der Waals surface area contributed by atoms with Crippen molar-refractivity contribution in [2.24, 2.45) is 0 Å². The van der Waals surface area contributed by atoms with Crippen molar-refractivity contribution >= 4 is 26.0 Å². The maximum Gasteiger partial charge on any atom is 0.240 e. The smallest absolute Gasteiger partial charge is 0.240 e. The number of halogens is 2. The molecule has 0 radical (unpaired) electrons. The molecule has 0 aliphatic heterocycles. The van der Waals surface area contributed by atoms with Crippen molar-refractivity contribution < 1.29 is 12.8 Å². The zero-order chi connectivity index (χ0) is 14.5. The molecule has 0 aliphatic carbocycles. The number of hydrogen-bond acceptors (Lipinski definition) is 3. The van der Waals surface area contributed by atoms with E-state index in [0.717, 1.165) is 12.6 Å². The van der Waals surface area contributed by atoms with Crippen LogP contribution >= 0.6 is 15.9 Å². The van der Waals surface area contributed by atoms with Crippen LogP contribution in [0.2, 0.25) is 0 Å². The zero-order valence-electron chi connectivity index (χ0n) is 10.9. The lowest BCUT2D eigenvalue weighted by molar-refractivity contribution is 0.553. The van der Waals surface area contributed by atoms with Crippen molar-refractivity contribution in [1.82, 2.24) is 10.0 Å². The lowest BCUT2D eigenvalue weighted by Crippen LogP contribution is -2.29. The second-order valence-corrected chi connectivity index (χ2v) is 7.06. The van der Waals surface area contributed by atoms with E-state index in [0.29, 0.717) is 19.0 Å². The van der Waals surface area contributed by atoms with E-state index in [9.17, 15) is 12.8 Å². The Balaban J connectivity index is 2.54. The van der Waals surface area contributed by atoms with E-state index in [1.54, 1.807) is 0 Å². The molecule has 1 rings (SSSR count). The Kier molecular flexibility index (Phi) is 6.38. The van der Waals surface area contributed by atoms with E-state index in [2.05, 4.69) is 26.0 Å². The first-order valence-electron chi connectivity index (χ1n) is 6.01. The van der Waals surface area contributed by atoms with Crippen LogP contribution < -0.4 is 10.0 Å². The van der Waals surface area contributed by atoms with Gasteiger partial charge in [-0.1, -0.05) is 13.8 Å². The number of benzene rings is 1. The van der Waals surface area contributed by atoms with Crippen LogP contribution in [0.1, 0.15) is 20.3 Å². The minimum Gasteiger partial charge on any atom is -0.314 e. The lowest BCUT2D eigenvalue weighted by atomic mass is 10.3. The number of nitrogens with one attached hydrogen (secondary N) is 2. The summed E-state index contributed by atoms with van der Waals surface area (Å²) in [7, 11) is -3.64. The average molecular weight is 353 g/mol. The van der Waals surface area contributed by atoms with Gasteiger partial charge in [-0.2, -0.15) is 0 Å². The standard InChI is InChI=1S/C12H18BrFN2O2S/c1-9(2)15-6-3-7-16-19(17,18)10-4-5-11(13)12(14)8-10/h4-5,8-9,15-16H,3,6-7H2,1-2H3. The van der Waals surface area contributed by atoms with Gasteiger partial charge in [0.2, 0.25) is 10.0 Å². The summed E-state index contributed by atoms with van der Waals surface area (Å²) >= 11 is 2.98. The highest BCUT2D eigenvalue weighted by Gasteiger charge is 2.15. The summed E-state index contributed by atoms with van der Waals surface area (Å²) in [6, 6.07) is 4.11. The predicted octanol–water partition coefficient (Wildman–Crippen LogP) is 2.25. The molecule has 0 heterocycles. The molecule has 0 unspecified atom stereocenters. The van der Waals surface area contributed by atoms with Crippen LogP contribution in [0, 0.1) is 5.82 Å². The molecule has 0 spiro atoms. The Morgan fingerprint density at radius 1 is 1.32 bits per heavy atom. The van der Waals surface area contributed by atoms with E-state index in [-0.39, 0.29) is 9.37 Å². The first kappa shape index (κ1) is 16.6. The molecule has 0 atom stereocenters. The molecular weight excluding hydrogens is 335 g/mol. The van der Waals surface area contributed by atoms with Gasteiger partial charge < -0.3 is 5.32 Å². The molecule has 0 aliphatic rings. The van der Waals surface area contributed by atoms with Crippen molar-refractivity contribution in [3.05, 3.63) is 28.5 Å². The van der Waals surface area contributed by atoms with Crippen molar-refractivity contribution in [2.45, 2.75) is 31.2 Å². The van der Waals surface area contributed by atoms with Gasteiger partial charge in [-0.15, -0.1) is 0 Å². The second kappa shape index (κ2) is 7.33. The third-order valence-corrected chi connectivity index (χ3v) is 4.50. The Morgan fingerprint density at radius 2 is 2.00 bits per heavy atom. The van der Waals surface area contributed by atoms with E-state index < -0.39 is 15.8 Å². The SMILES string of the molecule is CC(C)NCCCNS(=O)(=O)c1ccc(Br)c(F)c1. The first-order chi connectivity index (χ1) is 8.83. The minimum atomic E-state index is -3.64. The second-order valence-electron chi connectivity index (χ2n) is 4.44. The Morgan fingerprint density at radius 3 is 2.58 bits per heavy atom.